The van der Waals surface area contributed by atoms with Crippen molar-refractivity contribution in [1.29, 1.82) is 0 Å². The van der Waals surface area contributed by atoms with Gasteiger partial charge in [-0.15, -0.1) is 6.58 Å². The molecule has 0 amide bonds. The number of hydrogen-bond donors (Lipinski definition) is 1. The molecule has 4 aromatic rings. The van der Waals surface area contributed by atoms with Crippen molar-refractivity contribution in [1.82, 2.24) is 29.2 Å². The lowest BCUT2D eigenvalue weighted by Gasteiger charge is -2.21. The molecule has 9 nitrogen and oxygen atoms in total. The molecule has 0 spiro atoms. The molecule has 5 heterocycles. The first-order valence-corrected chi connectivity index (χ1v) is 14.2. The molecule has 0 saturated carbocycles. The normalized spacial score (nSPS) is 21.6. The second kappa shape index (κ2) is 9.30. The first-order chi connectivity index (χ1) is 19.3. The maximum Gasteiger partial charge on any atom is 0.278 e. The van der Waals surface area contributed by atoms with Crippen molar-refractivity contribution < 1.29 is 0 Å². The fraction of sp³-hybridized carbons (Fsp3) is 0.419. The minimum absolute atomic E-state index is 0.00403. The van der Waals surface area contributed by atoms with E-state index in [1.54, 1.807) is 17.0 Å². The number of nitrogens with one attached hydrogen (secondary N) is 1. The lowest BCUT2D eigenvalue weighted by Crippen LogP contribution is -2.26. The summed E-state index contributed by atoms with van der Waals surface area (Å²) in [6.07, 6.45) is 5.41. The molecule has 0 unspecified atom stereocenters. The number of nitrogens with zero attached hydrogens (tertiary/aromatic N) is 7. The minimum Gasteiger partial charge on any atom is -0.371 e. The number of aromatic nitrogens is 5. The quantitative estimate of drug-likeness (QED) is 0.371. The summed E-state index contributed by atoms with van der Waals surface area (Å²) in [6.45, 7) is 13.3. The van der Waals surface area contributed by atoms with Crippen molar-refractivity contribution in [3.05, 3.63) is 76.9 Å². The number of benzene rings is 1. The third kappa shape index (κ3) is 4.11. The van der Waals surface area contributed by atoms with Gasteiger partial charge in [-0.3, -0.25) is 4.79 Å². The SMILES string of the molecule is C=CCn1c(=O)c2cnc(Nc3ccc(N4C[C@H]5CN(C)C[C@H]5C4)cc3)nc2n1-c1ccc2c(n1)C(C)(C)CC2. The summed E-state index contributed by atoms with van der Waals surface area (Å²) in [5, 5.41) is 3.79. The fourth-order valence-electron chi connectivity index (χ4n) is 6.88. The topological polar surface area (TPSA) is 84.1 Å². The summed E-state index contributed by atoms with van der Waals surface area (Å²) in [6, 6.07) is 12.6. The van der Waals surface area contributed by atoms with Crippen molar-refractivity contribution in [3.8, 4) is 5.82 Å². The van der Waals surface area contributed by atoms with Crippen LogP contribution < -0.4 is 15.8 Å². The van der Waals surface area contributed by atoms with Gasteiger partial charge in [-0.1, -0.05) is 26.0 Å². The van der Waals surface area contributed by atoms with Gasteiger partial charge in [0.05, 0.1) is 12.2 Å². The Morgan fingerprint density at radius 1 is 1.05 bits per heavy atom. The van der Waals surface area contributed by atoms with Crippen LogP contribution in [0.15, 0.2) is 60.0 Å². The molecule has 2 atom stereocenters. The van der Waals surface area contributed by atoms with Crippen LogP contribution in [0.4, 0.5) is 17.3 Å². The van der Waals surface area contributed by atoms with Crippen LogP contribution in [0.1, 0.15) is 31.5 Å². The Bertz CT molecular complexity index is 1650. The lowest BCUT2D eigenvalue weighted by molar-refractivity contribution is 0.387. The Balaban J connectivity index is 1.20. The van der Waals surface area contributed by atoms with Crippen molar-refractivity contribution >= 4 is 28.4 Å². The maximum atomic E-state index is 13.4. The van der Waals surface area contributed by atoms with Gasteiger partial charge in [0.25, 0.3) is 5.56 Å². The number of hydrogen-bond acceptors (Lipinski definition) is 7. The smallest absolute Gasteiger partial charge is 0.278 e. The Morgan fingerprint density at radius 3 is 2.52 bits per heavy atom. The molecule has 2 saturated heterocycles. The fourth-order valence-corrected chi connectivity index (χ4v) is 6.88. The summed E-state index contributed by atoms with van der Waals surface area (Å²) >= 11 is 0. The molecular formula is C31H36N8O. The van der Waals surface area contributed by atoms with Crippen LogP contribution in [0.5, 0.6) is 0 Å². The van der Waals surface area contributed by atoms with Gasteiger partial charge in [0, 0.05) is 49.2 Å². The number of likely N-dealkylation sites (tertiary alicyclic amines) is 1. The molecule has 2 aliphatic heterocycles. The summed E-state index contributed by atoms with van der Waals surface area (Å²) < 4.78 is 3.44. The summed E-state index contributed by atoms with van der Waals surface area (Å²) in [4.78, 5) is 32.7. The molecule has 3 aliphatic rings. The minimum atomic E-state index is -0.158. The van der Waals surface area contributed by atoms with Gasteiger partial charge in [-0.05, 0) is 67.6 Å². The zero-order valence-corrected chi connectivity index (χ0v) is 23.5. The average Bonchev–Trinajstić information content (AvgIpc) is 3.65. The van der Waals surface area contributed by atoms with Crippen molar-refractivity contribution in [3.63, 3.8) is 0 Å². The van der Waals surface area contributed by atoms with Crippen molar-refractivity contribution in [2.24, 2.45) is 11.8 Å². The van der Waals surface area contributed by atoms with Gasteiger partial charge in [0.15, 0.2) is 11.5 Å². The van der Waals surface area contributed by atoms with Gasteiger partial charge in [-0.2, -0.15) is 4.98 Å². The highest BCUT2D eigenvalue weighted by atomic mass is 16.1. The van der Waals surface area contributed by atoms with Crippen LogP contribution in [-0.4, -0.2) is 62.4 Å². The summed E-state index contributed by atoms with van der Waals surface area (Å²) in [5.41, 5.74) is 4.87. The van der Waals surface area contributed by atoms with E-state index >= 15 is 0 Å². The second-order valence-electron chi connectivity index (χ2n) is 12.3. The molecule has 1 N–H and O–H groups in total. The summed E-state index contributed by atoms with van der Waals surface area (Å²) in [5.74, 6) is 2.64. The van der Waals surface area contributed by atoms with Gasteiger partial charge in [0.2, 0.25) is 5.95 Å². The van der Waals surface area contributed by atoms with Crippen LogP contribution in [0.2, 0.25) is 0 Å². The second-order valence-corrected chi connectivity index (χ2v) is 12.3. The maximum absolute atomic E-state index is 13.4. The van der Waals surface area contributed by atoms with E-state index in [-0.39, 0.29) is 11.0 Å². The Labute approximate surface area is 234 Å². The highest BCUT2D eigenvalue weighted by Crippen LogP contribution is 2.37. The van der Waals surface area contributed by atoms with Crippen LogP contribution in [0.25, 0.3) is 16.9 Å². The standard InChI is InChI=1S/C31H36N8O/c1-5-14-38-29(40)25-15-32-30(35-28(25)39(38)26-11-6-20-12-13-31(2,3)27(20)34-26)33-23-7-9-24(10-8-23)37-18-21-16-36(4)17-22(21)19-37/h5-11,15,21-22H,1,12-14,16-19H2,2-4H3,(H,32,33,35)/t21-,22+. The molecule has 0 bridgehead atoms. The van der Waals surface area contributed by atoms with Gasteiger partial charge in [-0.25, -0.2) is 19.3 Å². The van der Waals surface area contributed by atoms with E-state index in [1.165, 1.54) is 24.3 Å². The number of allylic oxidation sites excluding steroid dienone is 1. The number of aryl methyl sites for hydroxylation is 1. The molecule has 40 heavy (non-hydrogen) atoms. The third-order valence-electron chi connectivity index (χ3n) is 8.98. The molecule has 1 aliphatic carbocycles. The Morgan fingerprint density at radius 2 is 1.80 bits per heavy atom. The van der Waals surface area contributed by atoms with E-state index < -0.39 is 0 Å². The predicted molar refractivity (Wildman–Crippen MR) is 159 cm³/mol. The molecule has 1 aromatic carbocycles. The van der Waals surface area contributed by atoms with Crippen LogP contribution in [0, 0.1) is 11.8 Å². The zero-order chi connectivity index (χ0) is 27.6. The predicted octanol–water partition coefficient (Wildman–Crippen LogP) is 4.13. The van der Waals surface area contributed by atoms with E-state index in [9.17, 15) is 4.79 Å². The summed E-state index contributed by atoms with van der Waals surface area (Å²) in [7, 11) is 2.22. The number of pyridine rings is 1. The van der Waals surface area contributed by atoms with Gasteiger partial charge >= 0.3 is 0 Å². The lowest BCUT2D eigenvalue weighted by atomic mass is 9.90. The molecular weight excluding hydrogens is 500 g/mol. The monoisotopic (exact) mass is 536 g/mol. The molecule has 2 fully saturated rings. The molecule has 3 aromatic heterocycles. The zero-order valence-electron chi connectivity index (χ0n) is 23.5. The number of fused-ring (bicyclic) bond motifs is 3. The first kappa shape index (κ1) is 25.0. The van der Waals surface area contributed by atoms with E-state index in [0.717, 1.165) is 49.1 Å². The molecule has 7 rings (SSSR count). The van der Waals surface area contributed by atoms with Crippen LogP contribution >= 0.6 is 0 Å². The van der Waals surface area contributed by atoms with Crippen LogP contribution in [-0.2, 0) is 18.4 Å². The highest BCUT2D eigenvalue weighted by Gasteiger charge is 2.38. The largest absolute Gasteiger partial charge is 0.371 e. The van der Waals surface area contributed by atoms with E-state index in [4.69, 9.17) is 9.97 Å². The van der Waals surface area contributed by atoms with E-state index in [1.807, 2.05) is 10.7 Å². The first-order valence-electron chi connectivity index (χ1n) is 14.2. The van der Waals surface area contributed by atoms with Crippen LogP contribution in [0.3, 0.4) is 0 Å². The van der Waals surface area contributed by atoms with Crippen molar-refractivity contribution in [2.45, 2.75) is 38.6 Å². The van der Waals surface area contributed by atoms with E-state index in [2.05, 4.69) is 77.9 Å². The molecule has 9 heteroatoms. The third-order valence-corrected chi connectivity index (χ3v) is 8.98. The van der Waals surface area contributed by atoms with E-state index in [0.29, 0.717) is 29.3 Å². The Kier molecular flexibility index (Phi) is 5.82. The van der Waals surface area contributed by atoms with Gasteiger partial charge in [0.1, 0.15) is 5.39 Å². The number of rotatable bonds is 6. The molecule has 206 valence electrons. The van der Waals surface area contributed by atoms with Crippen molar-refractivity contribution in [2.75, 3.05) is 43.4 Å². The number of anilines is 3. The van der Waals surface area contributed by atoms with Gasteiger partial charge < -0.3 is 15.1 Å². The highest BCUT2D eigenvalue weighted by molar-refractivity contribution is 5.77. The average molecular weight is 537 g/mol. The molecule has 0 radical (unpaired) electrons. The Hall–Kier alpha value is -3.98.